The number of rotatable bonds is 3. The van der Waals surface area contributed by atoms with Gasteiger partial charge < -0.3 is 5.32 Å². The van der Waals surface area contributed by atoms with Gasteiger partial charge in [0, 0.05) is 25.9 Å². The number of amides is 1. The summed E-state index contributed by atoms with van der Waals surface area (Å²) >= 11 is 0. The van der Waals surface area contributed by atoms with Crippen LogP contribution >= 0.6 is 0 Å². The van der Waals surface area contributed by atoms with Crippen LogP contribution in [-0.2, 0) is 4.79 Å². The summed E-state index contributed by atoms with van der Waals surface area (Å²) in [6, 6.07) is -0.427. The van der Waals surface area contributed by atoms with Crippen molar-refractivity contribution in [3.8, 4) is 0 Å². The molecule has 15 heavy (non-hydrogen) atoms. The topological polar surface area (TPSA) is 46.9 Å². The van der Waals surface area contributed by atoms with E-state index in [1.54, 1.807) is 0 Å². The standard InChI is InChI=1S/C8H10F3N3O/c1-6(15)12-5-7(8(9,10)11)14-4-2-3-13-14/h2-4,7H,5H2,1H3,(H,12,15). The minimum Gasteiger partial charge on any atom is -0.354 e. The Balaban J connectivity index is 2.76. The second kappa shape index (κ2) is 4.33. The Morgan fingerprint density at radius 2 is 2.27 bits per heavy atom. The SMILES string of the molecule is CC(=O)NCC(n1cccn1)C(F)(F)F. The van der Waals surface area contributed by atoms with Gasteiger partial charge in [-0.2, -0.15) is 18.3 Å². The van der Waals surface area contributed by atoms with E-state index in [2.05, 4.69) is 10.4 Å². The third kappa shape index (κ3) is 3.26. The van der Waals surface area contributed by atoms with Crippen molar-refractivity contribution < 1.29 is 18.0 Å². The van der Waals surface area contributed by atoms with Crippen molar-refractivity contribution in [3.63, 3.8) is 0 Å². The van der Waals surface area contributed by atoms with Crippen LogP contribution in [0.2, 0.25) is 0 Å². The maximum absolute atomic E-state index is 12.5. The normalized spacial score (nSPS) is 13.6. The van der Waals surface area contributed by atoms with Crippen molar-refractivity contribution >= 4 is 5.91 Å². The lowest BCUT2D eigenvalue weighted by Gasteiger charge is -2.20. The zero-order chi connectivity index (χ0) is 11.5. The highest BCUT2D eigenvalue weighted by Gasteiger charge is 2.41. The van der Waals surface area contributed by atoms with E-state index in [1.165, 1.54) is 18.5 Å². The highest BCUT2D eigenvalue weighted by Crippen LogP contribution is 2.29. The van der Waals surface area contributed by atoms with Gasteiger partial charge in [0.25, 0.3) is 0 Å². The number of nitrogens with zero attached hydrogens (tertiary/aromatic N) is 2. The van der Waals surface area contributed by atoms with Gasteiger partial charge in [0.05, 0.1) is 0 Å². The van der Waals surface area contributed by atoms with E-state index < -0.39 is 24.7 Å². The fraction of sp³-hybridized carbons (Fsp3) is 0.500. The van der Waals surface area contributed by atoms with Gasteiger partial charge in [0.15, 0.2) is 6.04 Å². The Morgan fingerprint density at radius 3 is 2.67 bits per heavy atom. The van der Waals surface area contributed by atoms with Gasteiger partial charge in [-0.1, -0.05) is 0 Å². The van der Waals surface area contributed by atoms with Gasteiger partial charge in [-0.15, -0.1) is 0 Å². The molecule has 0 spiro atoms. The molecule has 7 heteroatoms. The second-order valence-corrected chi connectivity index (χ2v) is 2.98. The first kappa shape index (κ1) is 11.5. The van der Waals surface area contributed by atoms with E-state index in [9.17, 15) is 18.0 Å². The molecule has 0 saturated carbocycles. The van der Waals surface area contributed by atoms with Crippen LogP contribution in [0.3, 0.4) is 0 Å². The van der Waals surface area contributed by atoms with Gasteiger partial charge in [-0.3, -0.25) is 9.48 Å². The van der Waals surface area contributed by atoms with E-state index in [4.69, 9.17) is 0 Å². The third-order valence-electron chi connectivity index (χ3n) is 1.77. The zero-order valence-corrected chi connectivity index (χ0v) is 7.95. The largest absolute Gasteiger partial charge is 0.412 e. The van der Waals surface area contributed by atoms with Crippen molar-refractivity contribution in [2.45, 2.75) is 19.1 Å². The van der Waals surface area contributed by atoms with Gasteiger partial charge in [0.2, 0.25) is 5.91 Å². The predicted molar refractivity (Wildman–Crippen MR) is 46.0 cm³/mol. The van der Waals surface area contributed by atoms with Crippen molar-refractivity contribution in [1.29, 1.82) is 0 Å². The minimum absolute atomic E-state index is 0.503. The molecule has 1 aromatic heterocycles. The van der Waals surface area contributed by atoms with E-state index in [0.717, 1.165) is 11.6 Å². The average molecular weight is 221 g/mol. The summed E-state index contributed by atoms with van der Waals surface area (Å²) in [7, 11) is 0. The molecule has 1 atom stereocenters. The Morgan fingerprint density at radius 1 is 1.60 bits per heavy atom. The number of carbonyl (C=O) groups is 1. The van der Waals surface area contributed by atoms with Crippen molar-refractivity contribution in [3.05, 3.63) is 18.5 Å². The molecule has 0 aromatic carbocycles. The van der Waals surface area contributed by atoms with Crippen LogP contribution in [0.1, 0.15) is 13.0 Å². The Kier molecular flexibility index (Phi) is 3.33. The number of carbonyl (C=O) groups excluding carboxylic acids is 1. The predicted octanol–water partition coefficient (Wildman–Crippen LogP) is 1.12. The first-order valence-corrected chi connectivity index (χ1v) is 4.21. The highest BCUT2D eigenvalue weighted by atomic mass is 19.4. The molecular formula is C8H10F3N3O. The Labute approximate surface area is 84.1 Å². The Hall–Kier alpha value is -1.53. The van der Waals surface area contributed by atoms with Crippen LogP contribution in [0, 0.1) is 0 Å². The summed E-state index contributed by atoms with van der Waals surface area (Å²) in [6.07, 6.45) is -1.97. The summed E-state index contributed by atoms with van der Waals surface area (Å²) in [4.78, 5) is 10.5. The van der Waals surface area contributed by atoms with Crippen LogP contribution in [0.25, 0.3) is 0 Å². The van der Waals surface area contributed by atoms with Gasteiger partial charge in [-0.25, -0.2) is 0 Å². The van der Waals surface area contributed by atoms with Crippen molar-refractivity contribution in [1.82, 2.24) is 15.1 Å². The molecule has 1 unspecified atom stereocenters. The molecule has 0 saturated heterocycles. The monoisotopic (exact) mass is 221 g/mol. The van der Waals surface area contributed by atoms with E-state index in [0.29, 0.717) is 0 Å². The molecular weight excluding hydrogens is 211 g/mol. The number of hydrogen-bond acceptors (Lipinski definition) is 2. The molecule has 0 aliphatic heterocycles. The summed E-state index contributed by atoms with van der Waals surface area (Å²) in [6.45, 7) is 0.650. The summed E-state index contributed by atoms with van der Waals surface area (Å²) in [5.41, 5.74) is 0. The molecule has 0 radical (unpaired) electrons. The maximum atomic E-state index is 12.5. The zero-order valence-electron chi connectivity index (χ0n) is 7.95. The molecule has 1 aromatic rings. The average Bonchev–Trinajstić information content (AvgIpc) is 2.54. The highest BCUT2D eigenvalue weighted by molar-refractivity contribution is 5.72. The fourth-order valence-electron chi connectivity index (χ4n) is 1.06. The van der Waals surface area contributed by atoms with E-state index in [1.807, 2.05) is 0 Å². The second-order valence-electron chi connectivity index (χ2n) is 2.98. The number of aromatic nitrogens is 2. The van der Waals surface area contributed by atoms with Gasteiger partial charge in [-0.05, 0) is 6.07 Å². The molecule has 4 nitrogen and oxygen atoms in total. The van der Waals surface area contributed by atoms with Crippen molar-refractivity contribution in [2.24, 2.45) is 0 Å². The maximum Gasteiger partial charge on any atom is 0.412 e. The molecule has 84 valence electrons. The Bertz CT molecular complexity index is 320. The summed E-state index contributed by atoms with van der Waals surface area (Å²) in [5, 5.41) is 5.63. The van der Waals surface area contributed by atoms with E-state index >= 15 is 0 Å². The van der Waals surface area contributed by atoms with E-state index in [-0.39, 0.29) is 0 Å². The number of hydrogen-bond donors (Lipinski definition) is 1. The first-order chi connectivity index (χ1) is 6.91. The minimum atomic E-state index is -4.44. The molecule has 0 fully saturated rings. The lowest BCUT2D eigenvalue weighted by molar-refractivity contribution is -0.169. The lowest BCUT2D eigenvalue weighted by atomic mass is 10.3. The lowest BCUT2D eigenvalue weighted by Crippen LogP contribution is -2.37. The number of alkyl halides is 3. The van der Waals surface area contributed by atoms with Gasteiger partial charge in [0.1, 0.15) is 0 Å². The van der Waals surface area contributed by atoms with Crippen LogP contribution in [0.15, 0.2) is 18.5 Å². The fourth-order valence-corrected chi connectivity index (χ4v) is 1.06. The summed E-state index contributed by atoms with van der Waals surface area (Å²) < 4.78 is 38.3. The van der Waals surface area contributed by atoms with Crippen LogP contribution in [0.5, 0.6) is 0 Å². The molecule has 0 bridgehead atoms. The number of halogens is 3. The van der Waals surface area contributed by atoms with Crippen LogP contribution < -0.4 is 5.32 Å². The molecule has 1 amide bonds. The number of nitrogens with one attached hydrogen (secondary N) is 1. The van der Waals surface area contributed by atoms with Crippen LogP contribution in [0.4, 0.5) is 13.2 Å². The van der Waals surface area contributed by atoms with Crippen molar-refractivity contribution in [2.75, 3.05) is 6.54 Å². The quantitative estimate of drug-likeness (QED) is 0.831. The molecule has 1 N–H and O–H groups in total. The summed E-state index contributed by atoms with van der Waals surface area (Å²) in [5.74, 6) is -0.503. The first-order valence-electron chi connectivity index (χ1n) is 4.21. The molecule has 1 rings (SSSR count). The molecule has 1 heterocycles. The van der Waals surface area contributed by atoms with Crippen LogP contribution in [-0.4, -0.2) is 28.4 Å². The van der Waals surface area contributed by atoms with Gasteiger partial charge >= 0.3 is 6.18 Å². The molecule has 0 aliphatic carbocycles. The molecule has 0 aliphatic rings. The third-order valence-corrected chi connectivity index (χ3v) is 1.77. The smallest absolute Gasteiger partial charge is 0.354 e.